The molecule has 0 saturated carbocycles. The van der Waals surface area contributed by atoms with Gasteiger partial charge in [-0.2, -0.15) is 0 Å². The van der Waals surface area contributed by atoms with Crippen molar-refractivity contribution in [2.45, 2.75) is 0 Å². The lowest BCUT2D eigenvalue weighted by Crippen LogP contribution is -2.19. The number of rotatable bonds is 5. The molecule has 0 aliphatic heterocycles. The van der Waals surface area contributed by atoms with E-state index in [2.05, 4.69) is 21.7 Å². The minimum atomic E-state index is -0.360. The summed E-state index contributed by atoms with van der Waals surface area (Å²) in [6.07, 6.45) is 0. The summed E-state index contributed by atoms with van der Waals surface area (Å²) >= 11 is 1.64. The van der Waals surface area contributed by atoms with E-state index in [0.29, 0.717) is 22.9 Å². The second kappa shape index (κ2) is 8.20. The second-order valence-electron chi connectivity index (χ2n) is 6.21. The average Bonchev–Trinajstić information content (AvgIpc) is 3.18. The first kappa shape index (κ1) is 18.8. The van der Waals surface area contributed by atoms with Gasteiger partial charge in [0.1, 0.15) is 16.5 Å². The normalized spacial score (nSPS) is 10.6. The van der Waals surface area contributed by atoms with Crippen molar-refractivity contribution in [3.05, 3.63) is 66.7 Å². The zero-order valence-corrected chi connectivity index (χ0v) is 16.7. The minimum Gasteiger partial charge on any atom is -0.497 e. The molecule has 146 valence electrons. The molecule has 0 bridgehead atoms. The molecule has 0 saturated heterocycles. The number of anilines is 2. The molecule has 2 N–H and O–H groups in total. The number of urea groups is 1. The molecule has 0 aliphatic carbocycles. The van der Waals surface area contributed by atoms with Gasteiger partial charge in [0.2, 0.25) is 0 Å². The predicted octanol–water partition coefficient (Wildman–Crippen LogP) is 5.62. The van der Waals surface area contributed by atoms with Crippen molar-refractivity contribution >= 4 is 39.0 Å². The zero-order chi connectivity index (χ0) is 20.2. The van der Waals surface area contributed by atoms with Crippen LogP contribution in [0.5, 0.6) is 11.5 Å². The van der Waals surface area contributed by atoms with Gasteiger partial charge in [-0.05, 0) is 48.5 Å². The Kier molecular flexibility index (Phi) is 5.31. The number of carbonyl (C=O) groups excluding carboxylic acids is 1. The number of hydrogen-bond acceptors (Lipinski definition) is 5. The number of aromatic nitrogens is 1. The largest absolute Gasteiger partial charge is 0.497 e. The molecule has 0 unspecified atom stereocenters. The zero-order valence-electron chi connectivity index (χ0n) is 15.9. The monoisotopic (exact) mass is 405 g/mol. The first-order valence-electron chi connectivity index (χ1n) is 8.92. The van der Waals surface area contributed by atoms with Crippen molar-refractivity contribution in [3.8, 4) is 22.1 Å². The van der Waals surface area contributed by atoms with Crippen LogP contribution in [0, 0.1) is 0 Å². The SMILES string of the molecule is COc1ccc(NC(=O)Nc2ccc(-c3nc4ccccc4s3)cc2)c(OC)c1. The van der Waals surface area contributed by atoms with Gasteiger partial charge in [0.25, 0.3) is 0 Å². The highest BCUT2D eigenvalue weighted by atomic mass is 32.1. The van der Waals surface area contributed by atoms with Crippen LogP contribution >= 0.6 is 11.3 Å². The fraction of sp³-hybridized carbons (Fsp3) is 0.0909. The van der Waals surface area contributed by atoms with E-state index in [1.54, 1.807) is 43.8 Å². The molecule has 0 aliphatic rings. The van der Waals surface area contributed by atoms with Crippen LogP contribution in [0.15, 0.2) is 66.7 Å². The first-order chi connectivity index (χ1) is 14.2. The fourth-order valence-electron chi connectivity index (χ4n) is 2.88. The van der Waals surface area contributed by atoms with Crippen molar-refractivity contribution in [2.24, 2.45) is 0 Å². The molecule has 1 aromatic heterocycles. The van der Waals surface area contributed by atoms with E-state index in [0.717, 1.165) is 20.8 Å². The summed E-state index contributed by atoms with van der Waals surface area (Å²) < 4.78 is 11.6. The standard InChI is InChI=1S/C22H19N3O3S/c1-27-16-11-12-17(19(13-16)28-2)25-22(26)23-15-9-7-14(8-10-15)21-24-18-5-3-4-6-20(18)29-21/h3-13H,1-2H3,(H2,23,25,26). The van der Waals surface area contributed by atoms with Crippen LogP contribution in [0.25, 0.3) is 20.8 Å². The third-order valence-electron chi connectivity index (χ3n) is 4.34. The summed E-state index contributed by atoms with van der Waals surface area (Å²) in [5.41, 5.74) is 3.23. The number of fused-ring (bicyclic) bond motifs is 1. The molecule has 6 nitrogen and oxygen atoms in total. The Morgan fingerprint density at radius 1 is 0.931 bits per heavy atom. The number of ether oxygens (including phenoxy) is 2. The van der Waals surface area contributed by atoms with Crippen molar-refractivity contribution in [2.75, 3.05) is 24.9 Å². The van der Waals surface area contributed by atoms with Gasteiger partial charge in [0.15, 0.2) is 0 Å². The van der Waals surface area contributed by atoms with Gasteiger partial charge in [-0.15, -0.1) is 11.3 Å². The van der Waals surface area contributed by atoms with Gasteiger partial charge < -0.3 is 20.1 Å². The number of thiazole rings is 1. The van der Waals surface area contributed by atoms with Gasteiger partial charge in [-0.1, -0.05) is 12.1 Å². The Morgan fingerprint density at radius 2 is 1.72 bits per heavy atom. The lowest BCUT2D eigenvalue weighted by atomic mass is 10.2. The molecular formula is C22H19N3O3S. The number of nitrogens with one attached hydrogen (secondary N) is 2. The Morgan fingerprint density at radius 3 is 2.45 bits per heavy atom. The second-order valence-corrected chi connectivity index (χ2v) is 7.24. The molecule has 7 heteroatoms. The van der Waals surface area contributed by atoms with Crippen LogP contribution in [-0.4, -0.2) is 25.2 Å². The number of nitrogens with zero attached hydrogens (tertiary/aromatic N) is 1. The lowest BCUT2D eigenvalue weighted by molar-refractivity contribution is 0.262. The summed E-state index contributed by atoms with van der Waals surface area (Å²) in [5, 5.41) is 6.56. The number of para-hydroxylation sites is 1. The molecule has 0 fully saturated rings. The lowest BCUT2D eigenvalue weighted by Gasteiger charge is -2.12. The molecule has 4 rings (SSSR count). The van der Waals surface area contributed by atoms with E-state index in [4.69, 9.17) is 9.47 Å². The Hall–Kier alpha value is -3.58. The quantitative estimate of drug-likeness (QED) is 0.452. The van der Waals surface area contributed by atoms with Crippen LogP contribution in [0.4, 0.5) is 16.2 Å². The van der Waals surface area contributed by atoms with Crippen molar-refractivity contribution in [3.63, 3.8) is 0 Å². The van der Waals surface area contributed by atoms with E-state index in [-0.39, 0.29) is 6.03 Å². The fourth-order valence-corrected chi connectivity index (χ4v) is 3.85. The number of amides is 2. The van der Waals surface area contributed by atoms with Crippen molar-refractivity contribution in [1.82, 2.24) is 4.98 Å². The topological polar surface area (TPSA) is 72.5 Å². The van der Waals surface area contributed by atoms with Crippen LogP contribution in [0.2, 0.25) is 0 Å². The predicted molar refractivity (Wildman–Crippen MR) is 117 cm³/mol. The van der Waals surface area contributed by atoms with Crippen LogP contribution in [-0.2, 0) is 0 Å². The van der Waals surface area contributed by atoms with E-state index in [1.807, 2.05) is 42.5 Å². The van der Waals surface area contributed by atoms with E-state index >= 15 is 0 Å². The van der Waals surface area contributed by atoms with Crippen molar-refractivity contribution < 1.29 is 14.3 Å². The van der Waals surface area contributed by atoms with Crippen LogP contribution < -0.4 is 20.1 Å². The van der Waals surface area contributed by atoms with E-state index in [1.165, 1.54) is 0 Å². The molecule has 3 aromatic carbocycles. The average molecular weight is 405 g/mol. The van der Waals surface area contributed by atoms with Crippen molar-refractivity contribution in [1.29, 1.82) is 0 Å². The van der Waals surface area contributed by atoms with Gasteiger partial charge in [0, 0.05) is 17.3 Å². The summed E-state index contributed by atoms with van der Waals surface area (Å²) in [5.74, 6) is 1.17. The van der Waals surface area contributed by atoms with Crippen LogP contribution in [0.1, 0.15) is 0 Å². The Bertz CT molecular complexity index is 1120. The van der Waals surface area contributed by atoms with Gasteiger partial charge in [-0.3, -0.25) is 0 Å². The molecule has 29 heavy (non-hydrogen) atoms. The summed E-state index contributed by atoms with van der Waals surface area (Å²) in [4.78, 5) is 17.0. The van der Waals surface area contributed by atoms with Gasteiger partial charge >= 0.3 is 6.03 Å². The maximum absolute atomic E-state index is 12.4. The first-order valence-corrected chi connectivity index (χ1v) is 9.74. The molecule has 0 radical (unpaired) electrons. The van der Waals surface area contributed by atoms with Gasteiger partial charge in [-0.25, -0.2) is 9.78 Å². The van der Waals surface area contributed by atoms with Crippen LogP contribution in [0.3, 0.4) is 0 Å². The highest BCUT2D eigenvalue weighted by molar-refractivity contribution is 7.21. The summed E-state index contributed by atoms with van der Waals surface area (Å²) in [6.45, 7) is 0. The molecule has 0 spiro atoms. The van der Waals surface area contributed by atoms with E-state index in [9.17, 15) is 4.79 Å². The summed E-state index contributed by atoms with van der Waals surface area (Å²) in [6, 6.07) is 20.5. The molecule has 1 heterocycles. The number of carbonyl (C=O) groups is 1. The highest BCUT2D eigenvalue weighted by Crippen LogP contribution is 2.31. The third-order valence-corrected chi connectivity index (χ3v) is 5.43. The molecule has 0 atom stereocenters. The minimum absolute atomic E-state index is 0.360. The maximum atomic E-state index is 12.4. The maximum Gasteiger partial charge on any atom is 0.323 e. The highest BCUT2D eigenvalue weighted by Gasteiger charge is 2.10. The van der Waals surface area contributed by atoms with E-state index < -0.39 is 0 Å². The molecular weight excluding hydrogens is 386 g/mol. The Balaban J connectivity index is 1.45. The molecule has 4 aromatic rings. The third kappa shape index (κ3) is 4.14. The number of hydrogen-bond donors (Lipinski definition) is 2. The number of benzene rings is 3. The molecule has 2 amide bonds. The Labute approximate surface area is 172 Å². The summed E-state index contributed by atoms with van der Waals surface area (Å²) in [7, 11) is 3.12. The van der Waals surface area contributed by atoms with Gasteiger partial charge in [0.05, 0.1) is 30.1 Å². The number of methoxy groups -OCH3 is 2. The smallest absolute Gasteiger partial charge is 0.323 e.